The molecule has 1 unspecified atom stereocenters. The maximum absolute atomic E-state index is 13.5. The lowest BCUT2D eigenvalue weighted by atomic mass is 10.1. The quantitative estimate of drug-likeness (QED) is 0.849. The number of hydrogen-bond donors (Lipinski definition) is 0. The van der Waals surface area contributed by atoms with Gasteiger partial charge in [0.05, 0.1) is 11.1 Å². The Labute approximate surface area is 120 Å². The molecule has 0 aromatic heterocycles. The summed E-state index contributed by atoms with van der Waals surface area (Å²) in [5.41, 5.74) is 0.390. The van der Waals surface area contributed by atoms with E-state index >= 15 is 0 Å². The predicted octanol–water partition coefficient (Wildman–Crippen LogP) is 3.09. The molecule has 1 aliphatic heterocycles. The maximum Gasteiger partial charge on any atom is 0.253 e. The van der Waals surface area contributed by atoms with Gasteiger partial charge in [0.1, 0.15) is 5.82 Å². The molecular weight excluding hydrogens is 313 g/mol. The van der Waals surface area contributed by atoms with Crippen LogP contribution in [0.25, 0.3) is 0 Å². The smallest absolute Gasteiger partial charge is 0.253 e. The van der Waals surface area contributed by atoms with E-state index in [4.69, 9.17) is 4.74 Å². The average molecular weight is 330 g/mol. The van der Waals surface area contributed by atoms with Gasteiger partial charge >= 0.3 is 0 Å². The highest BCUT2D eigenvalue weighted by Crippen LogP contribution is 2.19. The summed E-state index contributed by atoms with van der Waals surface area (Å²) in [6.07, 6.45) is 0.985. The van der Waals surface area contributed by atoms with Gasteiger partial charge in [0, 0.05) is 31.2 Å². The van der Waals surface area contributed by atoms with Crippen LogP contribution in [0.2, 0.25) is 0 Å². The number of carbonyl (C=O) groups is 1. The minimum atomic E-state index is -0.411. The molecule has 0 radical (unpaired) electrons. The Kier molecular flexibility index (Phi) is 4.93. The molecule has 1 amide bonds. The fraction of sp³-hybridized carbons (Fsp3) is 0.500. The van der Waals surface area contributed by atoms with Crippen LogP contribution in [0, 0.1) is 11.7 Å². The van der Waals surface area contributed by atoms with Crippen LogP contribution < -0.4 is 0 Å². The van der Waals surface area contributed by atoms with E-state index in [9.17, 15) is 9.18 Å². The van der Waals surface area contributed by atoms with E-state index in [2.05, 4.69) is 15.9 Å². The predicted molar refractivity (Wildman–Crippen MR) is 74.6 cm³/mol. The van der Waals surface area contributed by atoms with Gasteiger partial charge in [-0.15, -0.1) is 0 Å². The molecule has 1 heterocycles. The fourth-order valence-electron chi connectivity index (χ4n) is 2.21. The Morgan fingerprint density at radius 2 is 2.37 bits per heavy atom. The average Bonchev–Trinajstić information content (AvgIpc) is 2.91. The van der Waals surface area contributed by atoms with E-state index in [1.54, 1.807) is 17.0 Å². The number of ether oxygens (including phenoxy) is 1. The second-order valence-electron chi connectivity index (χ2n) is 4.70. The zero-order chi connectivity index (χ0) is 13.8. The Hall–Kier alpha value is -0.940. The summed E-state index contributed by atoms with van der Waals surface area (Å²) in [5.74, 6) is -0.143. The number of benzene rings is 1. The van der Waals surface area contributed by atoms with Gasteiger partial charge in [-0.3, -0.25) is 4.79 Å². The van der Waals surface area contributed by atoms with E-state index in [-0.39, 0.29) is 5.91 Å². The van der Waals surface area contributed by atoms with E-state index in [0.29, 0.717) is 35.7 Å². The van der Waals surface area contributed by atoms with Crippen LogP contribution in [0.3, 0.4) is 0 Å². The van der Waals surface area contributed by atoms with Gasteiger partial charge in [-0.25, -0.2) is 4.39 Å². The van der Waals surface area contributed by atoms with E-state index < -0.39 is 5.82 Å². The number of halogens is 2. The summed E-state index contributed by atoms with van der Waals surface area (Å²) in [6, 6.07) is 4.48. The fourth-order valence-corrected chi connectivity index (χ4v) is 2.45. The molecule has 0 saturated carbocycles. The van der Waals surface area contributed by atoms with Gasteiger partial charge < -0.3 is 9.64 Å². The van der Waals surface area contributed by atoms with Gasteiger partial charge in [-0.2, -0.15) is 0 Å². The highest BCUT2D eigenvalue weighted by atomic mass is 79.9. The molecule has 2 rings (SSSR count). The van der Waals surface area contributed by atoms with Crippen LogP contribution in [-0.2, 0) is 4.74 Å². The Morgan fingerprint density at radius 3 is 2.95 bits per heavy atom. The van der Waals surface area contributed by atoms with Crippen molar-refractivity contribution in [1.82, 2.24) is 4.90 Å². The third-order valence-corrected chi connectivity index (χ3v) is 3.98. The lowest BCUT2D eigenvalue weighted by Crippen LogP contribution is -2.35. The Bertz CT molecular complexity index is 461. The molecule has 1 fully saturated rings. The molecule has 1 atom stereocenters. The summed E-state index contributed by atoms with van der Waals surface area (Å²) in [4.78, 5) is 14.1. The van der Waals surface area contributed by atoms with Crippen molar-refractivity contribution in [3.05, 3.63) is 34.1 Å². The largest absolute Gasteiger partial charge is 0.381 e. The van der Waals surface area contributed by atoms with Gasteiger partial charge in [0.25, 0.3) is 5.91 Å². The molecule has 0 bridgehead atoms. The number of carbonyl (C=O) groups excluding carboxylic acids is 1. The molecule has 1 aromatic rings. The summed E-state index contributed by atoms with van der Waals surface area (Å²) in [5, 5.41) is 0. The summed E-state index contributed by atoms with van der Waals surface area (Å²) in [6.45, 7) is 4.70. The van der Waals surface area contributed by atoms with Crippen molar-refractivity contribution in [2.24, 2.45) is 5.92 Å². The maximum atomic E-state index is 13.5. The normalized spacial score (nSPS) is 18.6. The SMILES string of the molecule is CCN(CC1CCOC1)C(=O)c1ccc(Br)c(F)c1. The summed E-state index contributed by atoms with van der Waals surface area (Å²) in [7, 11) is 0. The van der Waals surface area contributed by atoms with Gasteiger partial charge in [-0.05, 0) is 47.5 Å². The number of amides is 1. The first-order chi connectivity index (χ1) is 9.11. The van der Waals surface area contributed by atoms with E-state index in [1.807, 2.05) is 6.92 Å². The molecule has 19 heavy (non-hydrogen) atoms. The van der Waals surface area contributed by atoms with Crippen LogP contribution in [0.4, 0.5) is 4.39 Å². The van der Waals surface area contributed by atoms with Crippen LogP contribution in [0.15, 0.2) is 22.7 Å². The zero-order valence-corrected chi connectivity index (χ0v) is 12.5. The second-order valence-corrected chi connectivity index (χ2v) is 5.56. The first-order valence-corrected chi connectivity index (χ1v) is 7.23. The van der Waals surface area contributed by atoms with Gasteiger partial charge in [0.2, 0.25) is 0 Å². The van der Waals surface area contributed by atoms with E-state index in [1.165, 1.54) is 6.07 Å². The Balaban J connectivity index is 2.08. The highest BCUT2D eigenvalue weighted by molar-refractivity contribution is 9.10. The number of nitrogens with zero attached hydrogens (tertiary/aromatic N) is 1. The molecule has 1 aromatic carbocycles. The number of rotatable bonds is 4. The van der Waals surface area contributed by atoms with Gasteiger partial charge in [0.15, 0.2) is 0 Å². The first kappa shape index (κ1) is 14.5. The molecule has 5 heteroatoms. The first-order valence-electron chi connectivity index (χ1n) is 6.44. The lowest BCUT2D eigenvalue weighted by molar-refractivity contribution is 0.0730. The molecular formula is C14H17BrFNO2. The molecule has 104 valence electrons. The second kappa shape index (κ2) is 6.48. The van der Waals surface area contributed by atoms with Gasteiger partial charge in [-0.1, -0.05) is 0 Å². The van der Waals surface area contributed by atoms with Crippen molar-refractivity contribution in [2.75, 3.05) is 26.3 Å². The topological polar surface area (TPSA) is 29.5 Å². The zero-order valence-electron chi connectivity index (χ0n) is 10.9. The highest BCUT2D eigenvalue weighted by Gasteiger charge is 2.22. The van der Waals surface area contributed by atoms with Crippen molar-refractivity contribution in [3.63, 3.8) is 0 Å². The van der Waals surface area contributed by atoms with Crippen molar-refractivity contribution >= 4 is 21.8 Å². The monoisotopic (exact) mass is 329 g/mol. The molecule has 3 nitrogen and oxygen atoms in total. The third-order valence-electron chi connectivity index (χ3n) is 3.34. The van der Waals surface area contributed by atoms with Crippen LogP contribution in [0.1, 0.15) is 23.7 Å². The molecule has 1 aliphatic rings. The van der Waals surface area contributed by atoms with E-state index in [0.717, 1.165) is 13.0 Å². The van der Waals surface area contributed by atoms with Crippen LogP contribution >= 0.6 is 15.9 Å². The molecule has 0 N–H and O–H groups in total. The molecule has 0 spiro atoms. The minimum absolute atomic E-state index is 0.124. The van der Waals surface area contributed by atoms with Crippen molar-refractivity contribution in [3.8, 4) is 0 Å². The number of hydrogen-bond acceptors (Lipinski definition) is 2. The van der Waals surface area contributed by atoms with Crippen LogP contribution in [0.5, 0.6) is 0 Å². The molecule has 1 saturated heterocycles. The van der Waals surface area contributed by atoms with Crippen molar-refractivity contribution in [2.45, 2.75) is 13.3 Å². The lowest BCUT2D eigenvalue weighted by Gasteiger charge is -2.23. The standard InChI is InChI=1S/C14H17BrFNO2/c1-2-17(8-10-5-6-19-9-10)14(18)11-3-4-12(15)13(16)7-11/h3-4,7,10H,2,5-6,8-9H2,1H3. The minimum Gasteiger partial charge on any atom is -0.381 e. The van der Waals surface area contributed by atoms with Crippen LogP contribution in [-0.4, -0.2) is 37.1 Å². The van der Waals surface area contributed by atoms with Crippen molar-refractivity contribution in [1.29, 1.82) is 0 Å². The third kappa shape index (κ3) is 3.54. The molecule has 0 aliphatic carbocycles. The Morgan fingerprint density at radius 1 is 1.58 bits per heavy atom. The summed E-state index contributed by atoms with van der Waals surface area (Å²) >= 11 is 3.09. The van der Waals surface area contributed by atoms with Crippen molar-refractivity contribution < 1.29 is 13.9 Å². The summed E-state index contributed by atoms with van der Waals surface area (Å²) < 4.78 is 19.2.